The zero-order chi connectivity index (χ0) is 15.0. The third kappa shape index (κ3) is 2.93. The Labute approximate surface area is 140 Å². The van der Waals surface area contributed by atoms with Crippen molar-refractivity contribution >= 4 is 46.0 Å². The van der Waals surface area contributed by atoms with E-state index in [1.165, 1.54) is 25.7 Å². The molecule has 0 bridgehead atoms. The van der Waals surface area contributed by atoms with Crippen LogP contribution in [0, 0.1) is 0 Å². The van der Waals surface area contributed by atoms with Crippen molar-refractivity contribution in [2.24, 2.45) is 0 Å². The minimum atomic E-state index is -0.100. The summed E-state index contributed by atoms with van der Waals surface area (Å²) in [5.74, 6) is 0.953. The zero-order valence-electron chi connectivity index (χ0n) is 12.4. The van der Waals surface area contributed by atoms with Crippen molar-refractivity contribution in [3.63, 3.8) is 0 Å². The molecule has 0 saturated heterocycles. The van der Waals surface area contributed by atoms with Gasteiger partial charge in [-0.15, -0.1) is 11.6 Å². The van der Waals surface area contributed by atoms with Crippen LogP contribution in [0.4, 0.5) is 0 Å². The van der Waals surface area contributed by atoms with Gasteiger partial charge in [-0.05, 0) is 44.2 Å². The molecule has 1 aliphatic rings. The van der Waals surface area contributed by atoms with Gasteiger partial charge in [0.1, 0.15) is 5.82 Å². The van der Waals surface area contributed by atoms with Crippen LogP contribution in [0.5, 0.6) is 0 Å². The maximum atomic E-state index is 6.37. The van der Waals surface area contributed by atoms with E-state index >= 15 is 0 Å². The Hall–Kier alpha value is -0.380. The second-order valence-corrected chi connectivity index (χ2v) is 8.26. The molecule has 0 spiro atoms. The van der Waals surface area contributed by atoms with Crippen LogP contribution in [0.25, 0.3) is 11.0 Å². The lowest BCUT2D eigenvalue weighted by molar-refractivity contribution is 0.501. The van der Waals surface area contributed by atoms with Crippen molar-refractivity contribution < 1.29 is 0 Å². The lowest BCUT2D eigenvalue weighted by Gasteiger charge is -2.28. The number of aromatic nitrogens is 2. The molecular formula is C16H20Cl2N2S. The highest BCUT2D eigenvalue weighted by Gasteiger charge is 2.34. The average Bonchev–Trinajstić information content (AvgIpc) is 3.05. The van der Waals surface area contributed by atoms with Crippen molar-refractivity contribution in [1.29, 1.82) is 0 Å². The largest absolute Gasteiger partial charge is 0.325 e. The smallest absolute Gasteiger partial charge is 0.127 e. The highest BCUT2D eigenvalue weighted by atomic mass is 35.5. The van der Waals surface area contributed by atoms with Gasteiger partial charge in [-0.2, -0.15) is 11.8 Å². The quantitative estimate of drug-likeness (QED) is 0.666. The molecule has 3 rings (SSSR count). The lowest BCUT2D eigenvalue weighted by atomic mass is 10.1. The summed E-state index contributed by atoms with van der Waals surface area (Å²) in [6, 6.07) is 5.93. The second-order valence-electron chi connectivity index (χ2n) is 5.90. The molecule has 21 heavy (non-hydrogen) atoms. The van der Waals surface area contributed by atoms with Gasteiger partial charge in [-0.3, -0.25) is 0 Å². The standard InChI is InChI=1S/C16H20Cl2N2S/c1-11(17)15-19-13-9-12(18)5-6-14(13)20(15)10-16(21-2)7-3-4-8-16/h5-6,9,11H,3-4,7-8,10H2,1-2H3. The molecule has 1 aromatic heterocycles. The molecule has 1 heterocycles. The fourth-order valence-electron chi connectivity index (χ4n) is 3.33. The highest BCUT2D eigenvalue weighted by molar-refractivity contribution is 8.00. The molecule has 2 nitrogen and oxygen atoms in total. The highest BCUT2D eigenvalue weighted by Crippen LogP contribution is 2.43. The van der Waals surface area contributed by atoms with Crippen molar-refractivity contribution in [3.8, 4) is 0 Å². The molecule has 0 N–H and O–H groups in total. The maximum absolute atomic E-state index is 6.37. The van der Waals surface area contributed by atoms with E-state index in [9.17, 15) is 0 Å². The summed E-state index contributed by atoms with van der Waals surface area (Å²) >= 11 is 14.5. The number of hydrogen-bond donors (Lipinski definition) is 0. The minimum absolute atomic E-state index is 0.100. The van der Waals surface area contributed by atoms with Gasteiger partial charge >= 0.3 is 0 Å². The van der Waals surface area contributed by atoms with E-state index in [1.54, 1.807) is 0 Å². The third-order valence-corrected chi connectivity index (χ3v) is 6.32. The van der Waals surface area contributed by atoms with Crippen molar-refractivity contribution in [3.05, 3.63) is 29.0 Å². The van der Waals surface area contributed by atoms with Gasteiger partial charge in [0.15, 0.2) is 0 Å². The van der Waals surface area contributed by atoms with E-state index < -0.39 is 0 Å². The molecule has 0 radical (unpaired) electrons. The number of thioether (sulfide) groups is 1. The van der Waals surface area contributed by atoms with Gasteiger partial charge < -0.3 is 4.57 Å². The summed E-state index contributed by atoms with van der Waals surface area (Å²) < 4.78 is 2.64. The van der Waals surface area contributed by atoms with Crippen LogP contribution >= 0.6 is 35.0 Å². The summed E-state index contributed by atoms with van der Waals surface area (Å²) in [5.41, 5.74) is 2.08. The molecule has 1 aliphatic carbocycles. The van der Waals surface area contributed by atoms with E-state index in [1.807, 2.05) is 30.8 Å². The minimum Gasteiger partial charge on any atom is -0.325 e. The molecule has 5 heteroatoms. The van der Waals surface area contributed by atoms with Crippen LogP contribution in [-0.4, -0.2) is 20.6 Å². The molecule has 1 fully saturated rings. The third-order valence-electron chi connectivity index (χ3n) is 4.49. The molecule has 0 amide bonds. The number of hydrogen-bond acceptors (Lipinski definition) is 2. The molecule has 1 aromatic carbocycles. The first-order valence-electron chi connectivity index (χ1n) is 7.39. The predicted octanol–water partition coefficient (Wildman–Crippen LogP) is 5.67. The predicted molar refractivity (Wildman–Crippen MR) is 93.7 cm³/mol. The van der Waals surface area contributed by atoms with Crippen LogP contribution in [0.3, 0.4) is 0 Å². The molecule has 1 saturated carbocycles. The van der Waals surface area contributed by atoms with Gasteiger partial charge in [0.2, 0.25) is 0 Å². The Kier molecular flexibility index (Phi) is 4.45. The average molecular weight is 343 g/mol. The van der Waals surface area contributed by atoms with Gasteiger partial charge in [0, 0.05) is 16.3 Å². The first kappa shape index (κ1) is 15.5. The second kappa shape index (κ2) is 6.02. The number of nitrogens with zero attached hydrogens (tertiary/aromatic N) is 2. The number of alkyl halides is 1. The summed E-state index contributed by atoms with van der Waals surface area (Å²) in [6.07, 6.45) is 7.43. The summed E-state index contributed by atoms with van der Waals surface area (Å²) in [5, 5.41) is 0.623. The lowest BCUT2D eigenvalue weighted by Crippen LogP contribution is -2.27. The van der Waals surface area contributed by atoms with E-state index in [4.69, 9.17) is 28.2 Å². The number of halogens is 2. The van der Waals surface area contributed by atoms with Crippen LogP contribution in [0.1, 0.15) is 43.8 Å². The number of fused-ring (bicyclic) bond motifs is 1. The van der Waals surface area contributed by atoms with Crippen molar-refractivity contribution in [2.75, 3.05) is 6.26 Å². The Morgan fingerprint density at radius 3 is 2.71 bits per heavy atom. The SMILES string of the molecule is CSC1(Cn2c(C(C)Cl)nc3cc(Cl)ccc32)CCCC1. The van der Waals surface area contributed by atoms with E-state index in [-0.39, 0.29) is 5.38 Å². The Morgan fingerprint density at radius 2 is 2.10 bits per heavy atom. The fraction of sp³-hybridized carbons (Fsp3) is 0.562. The summed E-state index contributed by atoms with van der Waals surface area (Å²) in [6.45, 7) is 2.97. The topological polar surface area (TPSA) is 17.8 Å². The number of benzene rings is 1. The van der Waals surface area contributed by atoms with Gasteiger partial charge in [0.25, 0.3) is 0 Å². The molecule has 1 unspecified atom stereocenters. The zero-order valence-corrected chi connectivity index (χ0v) is 14.7. The number of imidazole rings is 1. The Bertz CT molecular complexity index is 645. The van der Waals surface area contributed by atoms with E-state index in [2.05, 4.69) is 16.9 Å². The molecule has 0 aliphatic heterocycles. The normalized spacial score (nSPS) is 19.2. The summed E-state index contributed by atoms with van der Waals surface area (Å²) in [7, 11) is 0. The van der Waals surface area contributed by atoms with Crippen LogP contribution in [-0.2, 0) is 6.54 Å². The van der Waals surface area contributed by atoms with Crippen LogP contribution < -0.4 is 0 Å². The van der Waals surface area contributed by atoms with Gasteiger partial charge in [-0.1, -0.05) is 24.4 Å². The van der Waals surface area contributed by atoms with Crippen molar-refractivity contribution in [2.45, 2.75) is 49.3 Å². The monoisotopic (exact) mass is 342 g/mol. The number of rotatable bonds is 4. The van der Waals surface area contributed by atoms with Crippen LogP contribution in [0.2, 0.25) is 5.02 Å². The van der Waals surface area contributed by atoms with E-state index in [0.717, 1.165) is 28.4 Å². The first-order valence-corrected chi connectivity index (χ1v) is 9.43. The maximum Gasteiger partial charge on any atom is 0.127 e. The Balaban J connectivity index is 2.09. The van der Waals surface area contributed by atoms with E-state index in [0.29, 0.717) is 4.75 Å². The van der Waals surface area contributed by atoms with Gasteiger partial charge in [-0.25, -0.2) is 4.98 Å². The fourth-order valence-corrected chi connectivity index (χ4v) is 4.61. The Morgan fingerprint density at radius 1 is 1.38 bits per heavy atom. The van der Waals surface area contributed by atoms with Gasteiger partial charge in [0.05, 0.1) is 16.4 Å². The molecule has 1 atom stereocenters. The molecule has 114 valence electrons. The summed E-state index contributed by atoms with van der Waals surface area (Å²) in [4.78, 5) is 4.72. The molecular weight excluding hydrogens is 323 g/mol. The first-order chi connectivity index (χ1) is 10.0. The van der Waals surface area contributed by atoms with Crippen LogP contribution in [0.15, 0.2) is 18.2 Å². The van der Waals surface area contributed by atoms with Crippen molar-refractivity contribution in [1.82, 2.24) is 9.55 Å². The molecule has 2 aromatic rings.